The van der Waals surface area contributed by atoms with Gasteiger partial charge in [0.2, 0.25) is 10.0 Å². The van der Waals surface area contributed by atoms with E-state index in [0.717, 1.165) is 17.2 Å². The monoisotopic (exact) mass is 456 g/mol. The van der Waals surface area contributed by atoms with Gasteiger partial charge in [-0.2, -0.15) is 9.40 Å². The Morgan fingerprint density at radius 3 is 2.28 bits per heavy atom. The zero-order valence-electron chi connectivity index (χ0n) is 18.6. The van der Waals surface area contributed by atoms with E-state index >= 15 is 0 Å². The van der Waals surface area contributed by atoms with Crippen LogP contribution in [0.15, 0.2) is 42.5 Å². The van der Waals surface area contributed by atoms with E-state index in [9.17, 15) is 8.42 Å². The number of hydrogen-bond acceptors (Lipinski definition) is 7. The highest BCUT2D eigenvalue weighted by Crippen LogP contribution is 2.20. The van der Waals surface area contributed by atoms with Crippen LogP contribution in [0.3, 0.4) is 0 Å². The second-order valence-corrected chi connectivity index (χ2v) is 9.92. The van der Waals surface area contributed by atoms with Gasteiger partial charge in [-0.3, -0.25) is 0 Å². The number of para-hydroxylation sites is 1. The lowest BCUT2D eigenvalue weighted by molar-refractivity contribution is 0.331. The minimum atomic E-state index is -3.39. The van der Waals surface area contributed by atoms with Gasteiger partial charge < -0.3 is 9.64 Å². The van der Waals surface area contributed by atoms with Crippen molar-refractivity contribution in [2.24, 2.45) is 0 Å². The largest absolute Gasteiger partial charge is 0.492 e. The second kappa shape index (κ2) is 9.25. The molecule has 3 heterocycles. The molecule has 0 saturated carbocycles. The summed E-state index contributed by atoms with van der Waals surface area (Å²) in [6, 6.07) is 13.1. The molecule has 1 aliphatic heterocycles. The molecule has 170 valence electrons. The minimum absolute atomic E-state index is 0.0451. The molecule has 1 aliphatic rings. The fourth-order valence-electron chi connectivity index (χ4n) is 3.77. The summed E-state index contributed by atoms with van der Waals surface area (Å²) in [5.74, 6) is 2.77. The molecular formula is C22H28N6O3S. The highest BCUT2D eigenvalue weighted by molar-refractivity contribution is 7.89. The summed E-state index contributed by atoms with van der Waals surface area (Å²) in [6.07, 6.45) is 0. The number of benzene rings is 1. The molecule has 0 aliphatic carbocycles. The average molecular weight is 457 g/mol. The first kappa shape index (κ1) is 22.2. The Bertz CT molecular complexity index is 1170. The smallest absolute Gasteiger partial charge is 0.217 e. The molecular weight excluding hydrogens is 428 g/mol. The van der Waals surface area contributed by atoms with Crippen molar-refractivity contribution < 1.29 is 13.2 Å². The van der Waals surface area contributed by atoms with Crippen LogP contribution in [0.5, 0.6) is 5.75 Å². The molecule has 3 aromatic rings. The molecule has 32 heavy (non-hydrogen) atoms. The lowest BCUT2D eigenvalue weighted by atomic mass is 10.3. The van der Waals surface area contributed by atoms with Crippen molar-refractivity contribution in [3.63, 3.8) is 0 Å². The van der Waals surface area contributed by atoms with E-state index in [0.29, 0.717) is 43.6 Å². The predicted octanol–water partition coefficient (Wildman–Crippen LogP) is 2.12. The second-order valence-electron chi connectivity index (χ2n) is 7.83. The molecule has 4 rings (SSSR count). The summed E-state index contributed by atoms with van der Waals surface area (Å²) in [6.45, 7) is 7.86. The Labute approximate surface area is 188 Å². The van der Waals surface area contributed by atoms with E-state index in [1.54, 1.807) is 4.68 Å². The average Bonchev–Trinajstić information content (AvgIpc) is 3.12. The Morgan fingerprint density at radius 1 is 0.938 bits per heavy atom. The van der Waals surface area contributed by atoms with E-state index in [2.05, 4.69) is 20.0 Å². The van der Waals surface area contributed by atoms with Gasteiger partial charge in [0.15, 0.2) is 5.82 Å². The number of piperazine rings is 1. The molecule has 1 fully saturated rings. The minimum Gasteiger partial charge on any atom is -0.492 e. The van der Waals surface area contributed by atoms with Gasteiger partial charge in [0.05, 0.1) is 11.4 Å². The predicted molar refractivity (Wildman–Crippen MR) is 123 cm³/mol. The number of anilines is 1. The third-order valence-electron chi connectivity index (χ3n) is 5.35. The van der Waals surface area contributed by atoms with Crippen LogP contribution in [0.2, 0.25) is 0 Å². The van der Waals surface area contributed by atoms with Gasteiger partial charge in [0.25, 0.3) is 0 Å². The number of rotatable bonds is 7. The van der Waals surface area contributed by atoms with Crippen molar-refractivity contribution in [1.82, 2.24) is 24.1 Å². The van der Waals surface area contributed by atoms with E-state index in [4.69, 9.17) is 4.74 Å². The van der Waals surface area contributed by atoms with Crippen molar-refractivity contribution in [1.29, 1.82) is 0 Å². The maximum atomic E-state index is 12.7. The molecule has 0 atom stereocenters. The number of aryl methyl sites for hydroxylation is 3. The first-order chi connectivity index (χ1) is 15.3. The van der Waals surface area contributed by atoms with Gasteiger partial charge >= 0.3 is 0 Å². The molecule has 2 aromatic heterocycles. The summed E-state index contributed by atoms with van der Waals surface area (Å²) >= 11 is 0. The molecule has 1 saturated heterocycles. The van der Waals surface area contributed by atoms with Gasteiger partial charge in [-0.1, -0.05) is 18.2 Å². The van der Waals surface area contributed by atoms with Crippen LogP contribution in [0, 0.1) is 20.8 Å². The topological polar surface area (TPSA) is 93.5 Å². The van der Waals surface area contributed by atoms with Crippen LogP contribution >= 0.6 is 0 Å². The maximum Gasteiger partial charge on any atom is 0.217 e. The number of ether oxygens (including phenoxy) is 1. The van der Waals surface area contributed by atoms with Gasteiger partial charge in [-0.25, -0.2) is 23.1 Å². The summed E-state index contributed by atoms with van der Waals surface area (Å²) < 4.78 is 34.4. The van der Waals surface area contributed by atoms with Crippen LogP contribution in [0.1, 0.15) is 17.2 Å². The Balaban J connectivity index is 1.38. The van der Waals surface area contributed by atoms with E-state index in [-0.39, 0.29) is 12.4 Å². The third kappa shape index (κ3) is 5.08. The zero-order chi connectivity index (χ0) is 22.7. The van der Waals surface area contributed by atoms with Gasteiger partial charge in [-0.15, -0.1) is 0 Å². The summed E-state index contributed by atoms with van der Waals surface area (Å²) in [7, 11) is -3.39. The number of hydrogen-bond donors (Lipinski definition) is 0. The molecule has 0 spiro atoms. The highest BCUT2D eigenvalue weighted by Gasteiger charge is 2.28. The Hall–Kier alpha value is -2.98. The van der Waals surface area contributed by atoms with Crippen LogP contribution in [0.25, 0.3) is 5.82 Å². The van der Waals surface area contributed by atoms with Crippen LogP contribution < -0.4 is 9.64 Å². The Morgan fingerprint density at radius 2 is 1.62 bits per heavy atom. The molecule has 1 aromatic carbocycles. The lowest BCUT2D eigenvalue weighted by Crippen LogP contribution is -2.50. The fraction of sp³-hybridized carbons (Fsp3) is 0.409. The molecule has 0 amide bonds. The number of sulfonamides is 1. The van der Waals surface area contributed by atoms with Gasteiger partial charge in [-0.05, 0) is 39.0 Å². The molecule has 0 unspecified atom stereocenters. The normalized spacial score (nSPS) is 15.2. The van der Waals surface area contributed by atoms with Crippen molar-refractivity contribution in [2.45, 2.75) is 20.8 Å². The molecule has 0 radical (unpaired) electrons. The van der Waals surface area contributed by atoms with Crippen LogP contribution in [-0.2, 0) is 10.0 Å². The van der Waals surface area contributed by atoms with Crippen molar-refractivity contribution in [2.75, 3.05) is 43.4 Å². The maximum absolute atomic E-state index is 12.7. The quantitative estimate of drug-likeness (QED) is 0.538. The molecule has 0 N–H and O–H groups in total. The van der Waals surface area contributed by atoms with E-state index in [1.807, 2.05) is 63.2 Å². The summed E-state index contributed by atoms with van der Waals surface area (Å²) in [4.78, 5) is 11.2. The van der Waals surface area contributed by atoms with Crippen molar-refractivity contribution in [3.05, 3.63) is 59.7 Å². The molecule has 9 nitrogen and oxygen atoms in total. The van der Waals surface area contributed by atoms with Crippen molar-refractivity contribution in [3.8, 4) is 11.6 Å². The Kier molecular flexibility index (Phi) is 6.43. The van der Waals surface area contributed by atoms with Crippen molar-refractivity contribution >= 4 is 15.8 Å². The van der Waals surface area contributed by atoms with E-state index < -0.39 is 10.0 Å². The highest BCUT2D eigenvalue weighted by atomic mass is 32.2. The first-order valence-corrected chi connectivity index (χ1v) is 12.2. The van der Waals surface area contributed by atoms with Crippen LogP contribution in [0.4, 0.5) is 5.82 Å². The summed E-state index contributed by atoms with van der Waals surface area (Å²) in [5.41, 5.74) is 1.93. The lowest BCUT2D eigenvalue weighted by Gasteiger charge is -2.34. The first-order valence-electron chi connectivity index (χ1n) is 10.6. The number of aromatic nitrogens is 4. The summed E-state index contributed by atoms with van der Waals surface area (Å²) in [5, 5.41) is 4.51. The zero-order valence-corrected chi connectivity index (χ0v) is 19.4. The van der Waals surface area contributed by atoms with Gasteiger partial charge in [0, 0.05) is 37.9 Å². The van der Waals surface area contributed by atoms with Gasteiger partial charge in [0.1, 0.15) is 24.0 Å². The van der Waals surface area contributed by atoms with E-state index in [1.165, 1.54) is 4.31 Å². The van der Waals surface area contributed by atoms with Crippen LogP contribution in [-0.4, -0.2) is 71.0 Å². The number of nitrogens with zero attached hydrogens (tertiary/aromatic N) is 6. The fourth-order valence-corrected chi connectivity index (χ4v) is 5.05. The standard InChI is InChI=1S/C22H28N6O3S/c1-17-15-18(2)28(25-17)22-16-21(23-19(3)24-22)26-9-11-27(12-10-26)32(29,30)14-13-31-20-7-5-4-6-8-20/h4-8,15-16H,9-14H2,1-3H3. The third-order valence-corrected chi connectivity index (χ3v) is 7.18. The SMILES string of the molecule is Cc1cc(C)n(-c2cc(N3CCN(S(=O)(=O)CCOc4ccccc4)CC3)nc(C)n2)n1. The molecule has 0 bridgehead atoms. The molecule has 10 heteroatoms.